The van der Waals surface area contributed by atoms with Crippen LogP contribution in [0.15, 0.2) is 6.08 Å². The number of carbonyl (C=O) groups excluding carboxylic acids is 1. The number of nitrogens with one attached hydrogen (secondary N) is 1. The van der Waals surface area contributed by atoms with Gasteiger partial charge in [0.05, 0.1) is 11.8 Å². The molecule has 1 aliphatic carbocycles. The second-order valence-corrected chi connectivity index (χ2v) is 5.34. The first-order chi connectivity index (χ1) is 8.97. The molecule has 1 aromatic rings. The first-order valence-electron chi connectivity index (χ1n) is 6.30. The van der Waals surface area contributed by atoms with Crippen LogP contribution in [0, 0.1) is 12.8 Å². The molecule has 1 amide bonds. The molecule has 0 unspecified atom stereocenters. The molecule has 1 aromatic heterocycles. The van der Waals surface area contributed by atoms with Gasteiger partial charge in [0.1, 0.15) is 5.15 Å². The second kappa shape index (κ2) is 5.75. The smallest absolute Gasteiger partial charge is 0.244 e. The number of rotatable bonds is 4. The number of halogens is 1. The molecule has 104 valence electrons. The van der Waals surface area contributed by atoms with Crippen LogP contribution in [-0.2, 0) is 11.8 Å². The van der Waals surface area contributed by atoms with Crippen LogP contribution in [0.2, 0.25) is 5.15 Å². The summed E-state index contributed by atoms with van der Waals surface area (Å²) in [6.45, 7) is 2.46. The highest BCUT2D eigenvalue weighted by Gasteiger charge is 2.26. The quantitative estimate of drug-likeness (QED) is 0.818. The van der Waals surface area contributed by atoms with E-state index in [-0.39, 0.29) is 12.0 Å². The third-order valence-corrected chi connectivity index (χ3v) is 3.82. The van der Waals surface area contributed by atoms with E-state index in [2.05, 4.69) is 10.4 Å². The minimum atomic E-state index is -0.186. The van der Waals surface area contributed by atoms with Gasteiger partial charge >= 0.3 is 0 Å². The van der Waals surface area contributed by atoms with Gasteiger partial charge in [0.2, 0.25) is 5.91 Å². The lowest BCUT2D eigenvalue weighted by molar-refractivity contribution is -0.117. The normalized spacial score (nSPS) is 22.5. The Bertz CT molecular complexity index is 504. The summed E-state index contributed by atoms with van der Waals surface area (Å²) < 4.78 is 1.57. The van der Waals surface area contributed by atoms with Crippen molar-refractivity contribution >= 4 is 23.6 Å². The van der Waals surface area contributed by atoms with Gasteiger partial charge in [-0.15, -0.1) is 0 Å². The SMILES string of the molecule is Cc1nn(C)c(Cl)c1C=CC(=O)NCC1CC(O)C1. The Kier molecular flexibility index (Phi) is 4.27. The average molecular weight is 284 g/mol. The molecule has 1 aliphatic rings. The topological polar surface area (TPSA) is 67.2 Å². The number of hydrogen-bond donors (Lipinski definition) is 2. The number of nitrogens with zero attached hydrogens (tertiary/aromatic N) is 2. The molecule has 0 atom stereocenters. The van der Waals surface area contributed by atoms with Crippen LogP contribution in [0.25, 0.3) is 6.08 Å². The number of aromatic nitrogens is 2. The van der Waals surface area contributed by atoms with Gasteiger partial charge in [-0.2, -0.15) is 5.10 Å². The van der Waals surface area contributed by atoms with Crippen LogP contribution in [0.4, 0.5) is 0 Å². The monoisotopic (exact) mass is 283 g/mol. The molecular weight excluding hydrogens is 266 g/mol. The summed E-state index contributed by atoms with van der Waals surface area (Å²) in [5.41, 5.74) is 1.55. The van der Waals surface area contributed by atoms with E-state index in [4.69, 9.17) is 16.7 Å². The summed E-state index contributed by atoms with van der Waals surface area (Å²) in [6.07, 6.45) is 4.50. The van der Waals surface area contributed by atoms with Crippen molar-refractivity contribution in [1.29, 1.82) is 0 Å². The number of carbonyl (C=O) groups is 1. The van der Waals surface area contributed by atoms with Crippen molar-refractivity contribution in [2.24, 2.45) is 13.0 Å². The first kappa shape index (κ1) is 14.1. The third-order valence-electron chi connectivity index (χ3n) is 3.37. The largest absolute Gasteiger partial charge is 0.393 e. The lowest BCUT2D eigenvalue weighted by Gasteiger charge is -2.31. The van der Waals surface area contributed by atoms with Gasteiger partial charge in [-0.25, -0.2) is 0 Å². The fraction of sp³-hybridized carbons (Fsp3) is 0.538. The molecule has 0 bridgehead atoms. The molecule has 19 heavy (non-hydrogen) atoms. The number of aliphatic hydroxyl groups is 1. The Morgan fingerprint density at radius 2 is 2.32 bits per heavy atom. The summed E-state index contributed by atoms with van der Waals surface area (Å²) in [4.78, 5) is 11.6. The highest BCUT2D eigenvalue weighted by molar-refractivity contribution is 6.31. The Morgan fingerprint density at radius 3 is 2.84 bits per heavy atom. The van der Waals surface area contributed by atoms with E-state index in [1.54, 1.807) is 17.8 Å². The molecule has 2 rings (SSSR count). The van der Waals surface area contributed by atoms with E-state index < -0.39 is 0 Å². The van der Waals surface area contributed by atoms with Gasteiger partial charge in [-0.3, -0.25) is 9.48 Å². The van der Waals surface area contributed by atoms with E-state index in [1.807, 2.05) is 6.92 Å². The van der Waals surface area contributed by atoms with Gasteiger partial charge in [0.25, 0.3) is 0 Å². The van der Waals surface area contributed by atoms with Crippen LogP contribution in [-0.4, -0.2) is 33.4 Å². The van der Waals surface area contributed by atoms with E-state index in [0.717, 1.165) is 24.1 Å². The Balaban J connectivity index is 1.86. The van der Waals surface area contributed by atoms with Crippen molar-refractivity contribution in [2.75, 3.05) is 6.54 Å². The van der Waals surface area contributed by atoms with Crippen molar-refractivity contribution in [2.45, 2.75) is 25.9 Å². The molecule has 1 saturated carbocycles. The molecule has 5 nitrogen and oxygen atoms in total. The summed E-state index contributed by atoms with van der Waals surface area (Å²) in [6, 6.07) is 0. The van der Waals surface area contributed by atoms with Crippen LogP contribution < -0.4 is 5.32 Å². The predicted octanol–water partition coefficient (Wildman–Crippen LogP) is 1.28. The van der Waals surface area contributed by atoms with Crippen molar-refractivity contribution in [3.63, 3.8) is 0 Å². The Hall–Kier alpha value is -1.33. The van der Waals surface area contributed by atoms with Crippen molar-refractivity contribution in [3.05, 3.63) is 22.5 Å². The molecular formula is C13H18ClN3O2. The van der Waals surface area contributed by atoms with Gasteiger partial charge in [0, 0.05) is 25.2 Å². The molecule has 0 radical (unpaired) electrons. The van der Waals surface area contributed by atoms with E-state index in [0.29, 0.717) is 17.6 Å². The van der Waals surface area contributed by atoms with Crippen LogP contribution in [0.5, 0.6) is 0 Å². The van der Waals surface area contributed by atoms with Crippen molar-refractivity contribution < 1.29 is 9.90 Å². The number of aliphatic hydroxyl groups excluding tert-OH is 1. The van der Waals surface area contributed by atoms with Gasteiger partial charge in [0.15, 0.2) is 0 Å². The lowest BCUT2D eigenvalue weighted by atomic mass is 9.82. The third kappa shape index (κ3) is 3.36. The van der Waals surface area contributed by atoms with Crippen LogP contribution >= 0.6 is 11.6 Å². The second-order valence-electron chi connectivity index (χ2n) is 4.98. The Labute approximate surface area is 117 Å². The molecule has 1 fully saturated rings. The first-order valence-corrected chi connectivity index (χ1v) is 6.68. The fourth-order valence-corrected chi connectivity index (χ4v) is 2.40. The molecule has 2 N–H and O–H groups in total. The zero-order valence-corrected chi connectivity index (χ0v) is 11.8. The zero-order valence-electron chi connectivity index (χ0n) is 11.1. The summed E-state index contributed by atoms with van der Waals surface area (Å²) in [7, 11) is 1.76. The van der Waals surface area contributed by atoms with Crippen molar-refractivity contribution in [1.82, 2.24) is 15.1 Å². The van der Waals surface area contributed by atoms with E-state index >= 15 is 0 Å². The number of hydrogen-bond acceptors (Lipinski definition) is 3. The summed E-state index contributed by atoms with van der Waals surface area (Å²) in [5.74, 6) is 0.247. The zero-order chi connectivity index (χ0) is 14.0. The van der Waals surface area contributed by atoms with Crippen molar-refractivity contribution in [3.8, 4) is 0 Å². The average Bonchev–Trinajstić information content (AvgIpc) is 2.55. The van der Waals surface area contributed by atoms with E-state index in [9.17, 15) is 4.79 Å². The number of amides is 1. The Morgan fingerprint density at radius 1 is 1.63 bits per heavy atom. The van der Waals surface area contributed by atoms with Gasteiger partial charge < -0.3 is 10.4 Å². The number of aryl methyl sites for hydroxylation is 2. The standard InChI is InChI=1S/C13H18ClN3O2/c1-8-11(13(14)17(2)16-8)3-4-12(19)15-7-9-5-10(18)6-9/h3-4,9-10,18H,5-7H2,1-2H3,(H,15,19). The molecule has 0 aliphatic heterocycles. The molecule has 0 spiro atoms. The predicted molar refractivity (Wildman–Crippen MR) is 73.7 cm³/mol. The van der Waals surface area contributed by atoms with E-state index in [1.165, 1.54) is 6.08 Å². The summed E-state index contributed by atoms with van der Waals surface area (Å²) in [5, 5.41) is 16.6. The lowest BCUT2D eigenvalue weighted by Crippen LogP contribution is -2.37. The minimum Gasteiger partial charge on any atom is -0.393 e. The van der Waals surface area contributed by atoms with Crippen LogP contribution in [0.1, 0.15) is 24.1 Å². The maximum Gasteiger partial charge on any atom is 0.244 e. The highest BCUT2D eigenvalue weighted by Crippen LogP contribution is 2.26. The highest BCUT2D eigenvalue weighted by atomic mass is 35.5. The van der Waals surface area contributed by atoms with Crippen LogP contribution in [0.3, 0.4) is 0 Å². The maximum atomic E-state index is 11.6. The van der Waals surface area contributed by atoms with Gasteiger partial charge in [-0.1, -0.05) is 11.6 Å². The maximum absolute atomic E-state index is 11.6. The van der Waals surface area contributed by atoms with Gasteiger partial charge in [-0.05, 0) is 31.8 Å². The molecule has 0 saturated heterocycles. The molecule has 6 heteroatoms. The molecule has 0 aromatic carbocycles. The molecule has 1 heterocycles. The fourth-order valence-electron chi connectivity index (χ4n) is 2.17. The minimum absolute atomic E-state index is 0.152. The summed E-state index contributed by atoms with van der Waals surface area (Å²) >= 11 is 6.06.